The smallest absolute Gasteiger partial charge is 0.307 e. The molecular weight excluding hydrogens is 540 g/mol. The number of benzene rings is 1. The van der Waals surface area contributed by atoms with Gasteiger partial charge in [0.05, 0.1) is 19.1 Å². The highest BCUT2D eigenvalue weighted by Crippen LogP contribution is 2.35. The van der Waals surface area contributed by atoms with Crippen LogP contribution in [0.5, 0.6) is 0 Å². The molecule has 4 aliphatic heterocycles. The predicted molar refractivity (Wildman–Crippen MR) is 148 cm³/mol. The Hall–Kier alpha value is -2.80. The monoisotopic (exact) mass is 579 g/mol. The lowest BCUT2D eigenvalue weighted by Gasteiger charge is -2.30. The Labute approximate surface area is 244 Å². The van der Waals surface area contributed by atoms with Crippen molar-refractivity contribution in [1.82, 2.24) is 14.5 Å². The van der Waals surface area contributed by atoms with Crippen LogP contribution in [0.4, 0.5) is 0 Å². The summed E-state index contributed by atoms with van der Waals surface area (Å²) >= 11 is 0. The van der Waals surface area contributed by atoms with E-state index in [4.69, 9.17) is 23.7 Å². The Bertz CT molecular complexity index is 1370. The molecule has 0 radical (unpaired) electrons. The summed E-state index contributed by atoms with van der Waals surface area (Å²) in [4.78, 5) is 22.9. The molecule has 7 atom stereocenters. The zero-order valence-corrected chi connectivity index (χ0v) is 23.8. The summed E-state index contributed by atoms with van der Waals surface area (Å²) in [5.41, 5.74) is 2.78. The van der Waals surface area contributed by atoms with Crippen molar-refractivity contribution in [3.8, 4) is 0 Å². The molecule has 1 N–H and O–H groups in total. The molecule has 0 saturated carbocycles. The lowest BCUT2D eigenvalue weighted by molar-refractivity contribution is -0.746. The SMILES string of the molecule is O=C(c1ccccc1)C1CCCn2c[n+]([C@@H]3O[C@H](COC4CCCCO4)[C@@H](OC4CCCCO4)[C@H]3O)c3ncnc1c32. The van der Waals surface area contributed by atoms with Crippen molar-refractivity contribution in [1.29, 1.82) is 0 Å². The predicted octanol–water partition coefficient (Wildman–Crippen LogP) is 3.19. The third-order valence-electron chi connectivity index (χ3n) is 8.84. The Morgan fingerprint density at radius 3 is 2.55 bits per heavy atom. The normalized spacial score (nSPS) is 31.7. The number of aliphatic hydroxyl groups is 1. The van der Waals surface area contributed by atoms with Crippen LogP contribution < -0.4 is 4.57 Å². The van der Waals surface area contributed by atoms with Crippen LogP contribution >= 0.6 is 0 Å². The van der Waals surface area contributed by atoms with Crippen LogP contribution in [-0.4, -0.2) is 76.1 Å². The largest absolute Gasteiger partial charge is 0.384 e. The first-order valence-electron chi connectivity index (χ1n) is 15.4. The second kappa shape index (κ2) is 12.4. The van der Waals surface area contributed by atoms with Crippen molar-refractivity contribution in [3.05, 3.63) is 54.2 Å². The molecule has 3 fully saturated rings. The number of aromatic nitrogens is 4. The maximum atomic E-state index is 13.6. The molecule has 4 aliphatic rings. The van der Waals surface area contributed by atoms with Crippen LogP contribution in [0.15, 0.2) is 43.0 Å². The van der Waals surface area contributed by atoms with Gasteiger partial charge in [0.1, 0.15) is 24.0 Å². The molecule has 1 aromatic carbocycles. The topological polar surface area (TPSA) is 118 Å². The molecular formula is C31H39N4O7+. The third kappa shape index (κ3) is 5.49. The van der Waals surface area contributed by atoms with Crippen LogP contribution in [0.2, 0.25) is 0 Å². The van der Waals surface area contributed by atoms with E-state index in [1.807, 2.05) is 41.2 Å². The van der Waals surface area contributed by atoms with Crippen LogP contribution in [0.25, 0.3) is 11.2 Å². The Balaban J connectivity index is 1.19. The van der Waals surface area contributed by atoms with Crippen molar-refractivity contribution in [3.63, 3.8) is 0 Å². The summed E-state index contributed by atoms with van der Waals surface area (Å²) in [5.74, 6) is -0.329. The highest BCUT2D eigenvalue weighted by Gasteiger charge is 2.50. The van der Waals surface area contributed by atoms with E-state index in [1.54, 1.807) is 0 Å². The average Bonchev–Trinajstić information content (AvgIpc) is 3.48. The second-order valence-electron chi connectivity index (χ2n) is 11.7. The van der Waals surface area contributed by atoms with Gasteiger partial charge in [0, 0.05) is 18.8 Å². The quantitative estimate of drug-likeness (QED) is 0.317. The molecule has 0 spiro atoms. The zero-order chi connectivity index (χ0) is 28.5. The van der Waals surface area contributed by atoms with Gasteiger partial charge in [-0.2, -0.15) is 0 Å². The van der Waals surface area contributed by atoms with Crippen molar-refractivity contribution < 1.29 is 38.2 Å². The summed E-state index contributed by atoms with van der Waals surface area (Å²) in [6.45, 7) is 2.25. The number of hydrogen-bond donors (Lipinski definition) is 1. The summed E-state index contributed by atoms with van der Waals surface area (Å²) in [6, 6.07) is 9.37. The van der Waals surface area contributed by atoms with E-state index in [0.717, 1.165) is 50.5 Å². The van der Waals surface area contributed by atoms with Crippen molar-refractivity contribution in [2.45, 2.75) is 101 Å². The van der Waals surface area contributed by atoms with E-state index in [-0.39, 0.29) is 24.6 Å². The number of ketones is 1. The Morgan fingerprint density at radius 1 is 1.00 bits per heavy atom. The lowest BCUT2D eigenvalue weighted by atomic mass is 9.90. The van der Waals surface area contributed by atoms with E-state index in [1.165, 1.54) is 6.33 Å². The molecule has 0 bridgehead atoms. The minimum Gasteiger partial charge on any atom is -0.384 e. The average molecular weight is 580 g/mol. The standard InChI is InChI=1S/C31H39N4O7/c36-27(20-9-2-1-3-10-20)21-11-8-14-34-19-35(30-26(34)25(21)32-18-33-30)31-28(37)29(42-24-13-5-7-16-39-24)22(41-31)17-40-23-12-4-6-15-38-23/h1-3,9-10,18-19,21-24,28-29,31,37H,4-8,11-17H2/q+1/t21?,22-,23?,24?,28-,29-,31-/m1/s1. The second-order valence-corrected chi connectivity index (χ2v) is 11.7. The van der Waals surface area contributed by atoms with Crippen molar-refractivity contribution in [2.24, 2.45) is 0 Å². The molecule has 7 rings (SSSR count). The molecule has 224 valence electrons. The number of hydrogen-bond acceptors (Lipinski definition) is 9. The summed E-state index contributed by atoms with van der Waals surface area (Å²) < 4.78 is 34.5. The molecule has 3 saturated heterocycles. The van der Waals surface area contributed by atoms with E-state index in [0.29, 0.717) is 43.1 Å². The molecule has 42 heavy (non-hydrogen) atoms. The third-order valence-corrected chi connectivity index (χ3v) is 8.84. The van der Waals surface area contributed by atoms with Gasteiger partial charge in [-0.15, -0.1) is 0 Å². The first-order chi connectivity index (χ1) is 20.7. The molecule has 11 nitrogen and oxygen atoms in total. The van der Waals surface area contributed by atoms with Gasteiger partial charge >= 0.3 is 5.65 Å². The number of carbonyl (C=O) groups is 1. The van der Waals surface area contributed by atoms with E-state index in [9.17, 15) is 9.90 Å². The number of nitrogens with zero attached hydrogens (tertiary/aromatic N) is 4. The molecule has 11 heteroatoms. The van der Waals surface area contributed by atoms with Gasteiger partial charge in [-0.05, 0) is 51.4 Å². The summed E-state index contributed by atoms with van der Waals surface area (Å²) in [6.07, 6.45) is 7.00. The lowest BCUT2D eigenvalue weighted by Crippen LogP contribution is -2.47. The number of imidazole rings is 1. The molecule has 0 amide bonds. The number of carbonyl (C=O) groups excluding carboxylic acids is 1. The highest BCUT2D eigenvalue weighted by atomic mass is 16.7. The number of rotatable bonds is 8. The number of ether oxygens (including phenoxy) is 5. The maximum Gasteiger partial charge on any atom is 0.307 e. The fourth-order valence-corrected chi connectivity index (χ4v) is 6.67. The fraction of sp³-hybridized carbons (Fsp3) is 0.613. The minimum atomic E-state index is -0.997. The van der Waals surface area contributed by atoms with Gasteiger partial charge in [0.25, 0.3) is 0 Å². The summed E-state index contributed by atoms with van der Waals surface area (Å²) in [7, 11) is 0. The number of aliphatic hydroxyl groups excluding tert-OH is 1. The molecule has 6 heterocycles. The molecule has 3 unspecified atom stereocenters. The van der Waals surface area contributed by atoms with Crippen LogP contribution in [0.3, 0.4) is 0 Å². The van der Waals surface area contributed by atoms with Crippen LogP contribution in [-0.2, 0) is 30.2 Å². The zero-order valence-electron chi connectivity index (χ0n) is 23.8. The Kier molecular flexibility index (Phi) is 8.29. The van der Waals surface area contributed by atoms with Gasteiger partial charge in [-0.25, -0.2) is 9.55 Å². The number of aryl methyl sites for hydroxylation is 1. The van der Waals surface area contributed by atoms with E-state index in [2.05, 4.69) is 14.5 Å². The minimum absolute atomic E-state index is 0.0528. The molecule has 2 aromatic heterocycles. The van der Waals surface area contributed by atoms with Crippen LogP contribution in [0.1, 0.15) is 79.6 Å². The van der Waals surface area contributed by atoms with Crippen LogP contribution in [0, 0.1) is 0 Å². The van der Waals surface area contributed by atoms with Crippen molar-refractivity contribution >= 4 is 16.9 Å². The Morgan fingerprint density at radius 2 is 1.79 bits per heavy atom. The highest BCUT2D eigenvalue weighted by molar-refractivity contribution is 6.02. The maximum absolute atomic E-state index is 13.6. The van der Waals surface area contributed by atoms with Gasteiger partial charge in [-0.1, -0.05) is 35.3 Å². The number of Topliss-reactive ketones (excluding diaryl/α,β-unsaturated/α-hetero) is 1. The fourth-order valence-electron chi connectivity index (χ4n) is 6.67. The molecule has 0 aliphatic carbocycles. The van der Waals surface area contributed by atoms with E-state index < -0.39 is 30.8 Å². The van der Waals surface area contributed by atoms with Crippen molar-refractivity contribution in [2.75, 3.05) is 19.8 Å². The first kappa shape index (κ1) is 28.0. The summed E-state index contributed by atoms with van der Waals surface area (Å²) in [5, 5.41) is 11.7. The first-order valence-corrected chi connectivity index (χ1v) is 15.4. The van der Waals surface area contributed by atoms with Gasteiger partial charge in [0.2, 0.25) is 6.23 Å². The van der Waals surface area contributed by atoms with E-state index >= 15 is 0 Å². The van der Waals surface area contributed by atoms with Gasteiger partial charge in [0.15, 0.2) is 36.5 Å². The van der Waals surface area contributed by atoms with Gasteiger partial charge < -0.3 is 28.8 Å². The molecule has 3 aromatic rings. The van der Waals surface area contributed by atoms with Gasteiger partial charge in [-0.3, -0.25) is 9.36 Å².